The number of carbonyl (C=O) groups is 2. The molecule has 0 unspecified atom stereocenters. The molecule has 25 heavy (non-hydrogen) atoms. The minimum atomic E-state index is -0.428. The second-order valence-electron chi connectivity index (χ2n) is 5.29. The number of para-hydroxylation sites is 1. The van der Waals surface area contributed by atoms with Crippen molar-refractivity contribution in [2.75, 3.05) is 19.0 Å². The fourth-order valence-corrected chi connectivity index (χ4v) is 2.17. The molecule has 0 saturated carbocycles. The van der Waals surface area contributed by atoms with E-state index >= 15 is 0 Å². The number of aromatic nitrogens is 1. The van der Waals surface area contributed by atoms with Gasteiger partial charge in [0.25, 0.3) is 5.91 Å². The highest BCUT2D eigenvalue weighted by Gasteiger charge is 2.13. The molecule has 0 spiro atoms. The van der Waals surface area contributed by atoms with Gasteiger partial charge in [-0.2, -0.15) is 0 Å². The number of esters is 1. The van der Waals surface area contributed by atoms with Crippen LogP contribution in [0.15, 0.2) is 42.6 Å². The molecule has 0 fully saturated rings. The van der Waals surface area contributed by atoms with Gasteiger partial charge in [-0.1, -0.05) is 12.1 Å². The standard InChI is InChI=1S/C18H20FN3O3/c1-25-16(23)10-4-5-11-21-18(24)13-7-6-12-20-17(13)22-15-9-3-2-8-14(15)19/h2-3,6-9,12H,4-5,10-11H2,1H3,(H,20,22)(H,21,24). The molecule has 2 N–H and O–H groups in total. The van der Waals surface area contributed by atoms with Gasteiger partial charge in [0.1, 0.15) is 11.6 Å². The molecular weight excluding hydrogens is 325 g/mol. The molecule has 0 atom stereocenters. The van der Waals surface area contributed by atoms with Gasteiger partial charge in [-0.3, -0.25) is 9.59 Å². The van der Waals surface area contributed by atoms with Crippen LogP contribution in [-0.4, -0.2) is 30.5 Å². The quantitative estimate of drug-likeness (QED) is 0.568. The zero-order chi connectivity index (χ0) is 18.1. The normalized spacial score (nSPS) is 10.2. The summed E-state index contributed by atoms with van der Waals surface area (Å²) in [6.07, 6.45) is 3.12. The van der Waals surface area contributed by atoms with Gasteiger partial charge in [-0.15, -0.1) is 0 Å². The van der Waals surface area contributed by atoms with Crippen LogP contribution in [0.4, 0.5) is 15.9 Å². The Morgan fingerprint density at radius 1 is 1.16 bits per heavy atom. The van der Waals surface area contributed by atoms with Crippen LogP contribution in [-0.2, 0) is 9.53 Å². The summed E-state index contributed by atoms with van der Waals surface area (Å²) < 4.78 is 18.3. The summed E-state index contributed by atoms with van der Waals surface area (Å²) in [6, 6.07) is 9.42. The van der Waals surface area contributed by atoms with Gasteiger partial charge >= 0.3 is 5.97 Å². The number of nitrogens with zero attached hydrogens (tertiary/aromatic N) is 1. The van der Waals surface area contributed by atoms with Crippen molar-refractivity contribution in [3.05, 3.63) is 54.0 Å². The predicted molar refractivity (Wildman–Crippen MR) is 92.1 cm³/mol. The number of ether oxygens (including phenoxy) is 1. The van der Waals surface area contributed by atoms with E-state index in [4.69, 9.17) is 0 Å². The van der Waals surface area contributed by atoms with Gasteiger partial charge in [0.05, 0.1) is 18.4 Å². The summed E-state index contributed by atoms with van der Waals surface area (Å²) in [5, 5.41) is 5.60. The Morgan fingerprint density at radius 2 is 1.96 bits per heavy atom. The highest BCUT2D eigenvalue weighted by molar-refractivity contribution is 5.99. The fraction of sp³-hybridized carbons (Fsp3) is 0.278. The lowest BCUT2D eigenvalue weighted by Gasteiger charge is -2.11. The summed E-state index contributed by atoms with van der Waals surface area (Å²) in [7, 11) is 1.34. The van der Waals surface area contributed by atoms with Crippen molar-refractivity contribution in [1.82, 2.24) is 10.3 Å². The van der Waals surface area contributed by atoms with E-state index in [1.54, 1.807) is 30.3 Å². The maximum atomic E-state index is 13.8. The van der Waals surface area contributed by atoms with E-state index in [-0.39, 0.29) is 23.4 Å². The zero-order valence-electron chi connectivity index (χ0n) is 13.9. The molecule has 0 aliphatic rings. The number of carbonyl (C=O) groups excluding carboxylic acids is 2. The Kier molecular flexibility index (Phi) is 6.88. The number of anilines is 2. The Hall–Kier alpha value is -2.96. The van der Waals surface area contributed by atoms with Crippen molar-refractivity contribution in [3.63, 3.8) is 0 Å². The number of nitrogens with one attached hydrogen (secondary N) is 2. The van der Waals surface area contributed by atoms with Crippen LogP contribution in [0.1, 0.15) is 29.6 Å². The monoisotopic (exact) mass is 345 g/mol. The lowest BCUT2D eigenvalue weighted by atomic mass is 10.2. The number of methoxy groups -OCH3 is 1. The van der Waals surface area contributed by atoms with E-state index in [1.807, 2.05) is 0 Å². The second kappa shape index (κ2) is 9.36. The van der Waals surface area contributed by atoms with Gasteiger partial charge in [0.2, 0.25) is 0 Å². The van der Waals surface area contributed by atoms with Gasteiger partial charge in [-0.25, -0.2) is 9.37 Å². The van der Waals surface area contributed by atoms with Crippen molar-refractivity contribution in [1.29, 1.82) is 0 Å². The highest BCUT2D eigenvalue weighted by Crippen LogP contribution is 2.20. The van der Waals surface area contributed by atoms with Crippen molar-refractivity contribution in [2.24, 2.45) is 0 Å². The first-order valence-corrected chi connectivity index (χ1v) is 7.93. The predicted octanol–water partition coefficient (Wildman–Crippen LogP) is 3.04. The lowest BCUT2D eigenvalue weighted by Crippen LogP contribution is -2.25. The van der Waals surface area contributed by atoms with E-state index in [1.165, 1.54) is 19.4 Å². The Labute approximate surface area is 145 Å². The van der Waals surface area contributed by atoms with Crippen LogP contribution in [0, 0.1) is 5.82 Å². The van der Waals surface area contributed by atoms with Crippen LogP contribution >= 0.6 is 0 Å². The first kappa shape index (κ1) is 18.4. The van der Waals surface area contributed by atoms with Crippen molar-refractivity contribution >= 4 is 23.4 Å². The number of rotatable bonds is 8. The number of amides is 1. The molecule has 0 saturated heterocycles. The third-order valence-corrected chi connectivity index (χ3v) is 3.50. The molecular formula is C18H20FN3O3. The summed E-state index contributed by atoms with van der Waals surface area (Å²) in [4.78, 5) is 27.5. The molecule has 132 valence electrons. The molecule has 0 aliphatic heterocycles. The number of unbranched alkanes of at least 4 members (excludes halogenated alkanes) is 1. The maximum Gasteiger partial charge on any atom is 0.305 e. The van der Waals surface area contributed by atoms with Crippen LogP contribution < -0.4 is 10.6 Å². The van der Waals surface area contributed by atoms with E-state index in [0.717, 1.165) is 0 Å². The van der Waals surface area contributed by atoms with Crippen molar-refractivity contribution < 1.29 is 18.7 Å². The van der Waals surface area contributed by atoms with Crippen LogP contribution in [0.25, 0.3) is 0 Å². The molecule has 1 aromatic carbocycles. The maximum absolute atomic E-state index is 13.8. The highest BCUT2D eigenvalue weighted by atomic mass is 19.1. The summed E-state index contributed by atoms with van der Waals surface area (Å²) in [5.41, 5.74) is 0.562. The van der Waals surface area contributed by atoms with Crippen molar-refractivity contribution in [3.8, 4) is 0 Å². The average Bonchev–Trinajstić information content (AvgIpc) is 2.63. The van der Waals surface area contributed by atoms with Crippen LogP contribution in [0.3, 0.4) is 0 Å². The number of pyridine rings is 1. The number of hydrogen-bond donors (Lipinski definition) is 2. The summed E-state index contributed by atoms with van der Waals surface area (Å²) >= 11 is 0. The molecule has 0 aliphatic carbocycles. The van der Waals surface area contributed by atoms with Crippen LogP contribution in [0.2, 0.25) is 0 Å². The Bertz CT molecular complexity index is 737. The minimum Gasteiger partial charge on any atom is -0.469 e. The molecule has 2 aromatic rings. The third kappa shape index (κ3) is 5.56. The smallest absolute Gasteiger partial charge is 0.305 e. The topological polar surface area (TPSA) is 80.3 Å². The number of benzene rings is 1. The summed E-state index contributed by atoms with van der Waals surface area (Å²) in [5.74, 6) is -0.734. The van der Waals surface area contributed by atoms with E-state index in [2.05, 4.69) is 20.4 Å². The lowest BCUT2D eigenvalue weighted by molar-refractivity contribution is -0.140. The van der Waals surface area contributed by atoms with E-state index in [0.29, 0.717) is 31.4 Å². The molecule has 1 amide bonds. The molecule has 7 heteroatoms. The first-order chi connectivity index (χ1) is 12.1. The first-order valence-electron chi connectivity index (χ1n) is 7.93. The number of halogens is 1. The Morgan fingerprint density at radius 3 is 2.72 bits per heavy atom. The van der Waals surface area contributed by atoms with Gasteiger partial charge < -0.3 is 15.4 Å². The molecule has 0 radical (unpaired) electrons. The minimum absolute atomic E-state index is 0.244. The van der Waals surface area contributed by atoms with Crippen LogP contribution in [0.5, 0.6) is 0 Å². The zero-order valence-corrected chi connectivity index (χ0v) is 13.9. The molecule has 0 bridgehead atoms. The molecule has 1 aromatic heterocycles. The van der Waals surface area contributed by atoms with Gasteiger partial charge in [0.15, 0.2) is 0 Å². The van der Waals surface area contributed by atoms with E-state index in [9.17, 15) is 14.0 Å². The third-order valence-electron chi connectivity index (χ3n) is 3.50. The van der Waals surface area contributed by atoms with Crippen molar-refractivity contribution in [2.45, 2.75) is 19.3 Å². The molecule has 2 rings (SSSR count). The number of hydrogen-bond acceptors (Lipinski definition) is 5. The summed E-state index contributed by atoms with van der Waals surface area (Å²) in [6.45, 7) is 0.420. The largest absolute Gasteiger partial charge is 0.469 e. The molecule has 1 heterocycles. The average molecular weight is 345 g/mol. The van der Waals surface area contributed by atoms with Gasteiger partial charge in [-0.05, 0) is 37.1 Å². The van der Waals surface area contributed by atoms with Gasteiger partial charge in [0, 0.05) is 19.2 Å². The second-order valence-corrected chi connectivity index (χ2v) is 5.29. The Balaban J connectivity index is 1.94. The van der Waals surface area contributed by atoms with E-state index < -0.39 is 5.82 Å². The molecule has 6 nitrogen and oxygen atoms in total. The SMILES string of the molecule is COC(=O)CCCCNC(=O)c1cccnc1Nc1ccccc1F. The fourth-order valence-electron chi connectivity index (χ4n) is 2.17.